The molecule has 0 radical (unpaired) electrons. The number of fused-ring (bicyclic) bond motifs is 2. The van der Waals surface area contributed by atoms with Crippen molar-refractivity contribution in [2.24, 2.45) is 5.92 Å². The molecular weight excluding hydrogens is 226 g/mol. The van der Waals surface area contributed by atoms with Gasteiger partial charge in [0.05, 0.1) is 13.2 Å². The molecular formula is C15H21NO2. The summed E-state index contributed by atoms with van der Waals surface area (Å²) in [4.78, 5) is 2.46. The lowest BCUT2D eigenvalue weighted by molar-refractivity contribution is 0.0945. The van der Waals surface area contributed by atoms with Crippen LogP contribution in [-0.4, -0.2) is 36.2 Å². The predicted molar refractivity (Wildman–Crippen MR) is 70.7 cm³/mol. The number of ether oxygens (including phenoxy) is 1. The maximum atomic E-state index is 10.3. The zero-order valence-electron chi connectivity index (χ0n) is 10.9. The fourth-order valence-corrected chi connectivity index (χ4v) is 3.43. The molecule has 1 heterocycles. The largest absolute Gasteiger partial charge is 0.497 e. The molecule has 2 bridgehead atoms. The summed E-state index contributed by atoms with van der Waals surface area (Å²) < 4.78 is 5.20. The predicted octanol–water partition coefficient (Wildman–Crippen LogP) is 2.21. The van der Waals surface area contributed by atoms with Crippen molar-refractivity contribution in [3.8, 4) is 5.75 Å². The topological polar surface area (TPSA) is 32.7 Å². The second-order valence-corrected chi connectivity index (χ2v) is 5.58. The van der Waals surface area contributed by atoms with Crippen LogP contribution in [0.25, 0.3) is 0 Å². The highest BCUT2D eigenvalue weighted by atomic mass is 16.5. The molecule has 2 aliphatic rings. The molecule has 0 spiro atoms. The Labute approximate surface area is 108 Å². The molecule has 3 rings (SSSR count). The molecule has 1 saturated carbocycles. The van der Waals surface area contributed by atoms with E-state index < -0.39 is 6.10 Å². The first-order valence-electron chi connectivity index (χ1n) is 6.82. The number of nitrogens with zero attached hydrogens (tertiary/aromatic N) is 1. The number of benzene rings is 1. The summed E-state index contributed by atoms with van der Waals surface area (Å²) in [6.07, 6.45) is 3.64. The highest BCUT2D eigenvalue weighted by molar-refractivity contribution is 5.30. The number of aliphatic hydroxyl groups is 1. The molecule has 0 amide bonds. The Hall–Kier alpha value is -1.06. The number of aliphatic hydroxyl groups excluding tert-OH is 1. The summed E-state index contributed by atoms with van der Waals surface area (Å²) in [6.45, 7) is 1.93. The Morgan fingerprint density at radius 2 is 2.33 bits per heavy atom. The Kier molecular flexibility index (Phi) is 3.27. The molecule has 18 heavy (non-hydrogen) atoms. The zero-order valence-corrected chi connectivity index (χ0v) is 10.9. The third-order valence-electron chi connectivity index (χ3n) is 4.41. The molecule has 3 atom stereocenters. The van der Waals surface area contributed by atoms with Gasteiger partial charge in [0.15, 0.2) is 0 Å². The van der Waals surface area contributed by atoms with Gasteiger partial charge in [0.1, 0.15) is 5.75 Å². The van der Waals surface area contributed by atoms with Crippen molar-refractivity contribution in [2.75, 3.05) is 20.2 Å². The van der Waals surface area contributed by atoms with E-state index in [1.54, 1.807) is 7.11 Å². The molecule has 3 nitrogen and oxygen atoms in total. The van der Waals surface area contributed by atoms with Crippen molar-refractivity contribution < 1.29 is 9.84 Å². The van der Waals surface area contributed by atoms with Gasteiger partial charge in [-0.25, -0.2) is 0 Å². The number of hydrogen-bond acceptors (Lipinski definition) is 3. The molecule has 1 N–H and O–H groups in total. The monoisotopic (exact) mass is 247 g/mol. The van der Waals surface area contributed by atoms with Crippen molar-refractivity contribution in [1.29, 1.82) is 0 Å². The van der Waals surface area contributed by atoms with Crippen molar-refractivity contribution in [3.63, 3.8) is 0 Å². The second kappa shape index (κ2) is 4.90. The van der Waals surface area contributed by atoms with Gasteiger partial charge in [-0.15, -0.1) is 0 Å². The van der Waals surface area contributed by atoms with Gasteiger partial charge in [0, 0.05) is 19.1 Å². The summed E-state index contributed by atoms with van der Waals surface area (Å²) in [6, 6.07) is 8.47. The van der Waals surface area contributed by atoms with E-state index in [9.17, 15) is 5.11 Å². The average molecular weight is 247 g/mol. The zero-order chi connectivity index (χ0) is 12.5. The van der Waals surface area contributed by atoms with Crippen LogP contribution in [0.3, 0.4) is 0 Å². The maximum Gasteiger partial charge on any atom is 0.119 e. The first kappa shape index (κ1) is 12.0. The van der Waals surface area contributed by atoms with Gasteiger partial charge in [-0.1, -0.05) is 12.1 Å². The average Bonchev–Trinajstić information content (AvgIpc) is 3.01. The SMILES string of the molecule is COc1cccc(C(O)CN2CC3CCC2C3)c1. The van der Waals surface area contributed by atoms with E-state index in [1.165, 1.54) is 25.8 Å². The molecule has 2 fully saturated rings. The van der Waals surface area contributed by atoms with Crippen molar-refractivity contribution >= 4 is 0 Å². The first-order valence-corrected chi connectivity index (χ1v) is 6.82. The van der Waals surface area contributed by atoms with E-state index >= 15 is 0 Å². The van der Waals surface area contributed by atoms with Crippen LogP contribution in [0.5, 0.6) is 5.75 Å². The van der Waals surface area contributed by atoms with Crippen molar-refractivity contribution in [3.05, 3.63) is 29.8 Å². The van der Waals surface area contributed by atoms with Gasteiger partial charge in [-0.3, -0.25) is 4.90 Å². The fraction of sp³-hybridized carbons (Fsp3) is 0.600. The number of methoxy groups -OCH3 is 1. The van der Waals surface area contributed by atoms with E-state index in [1.807, 2.05) is 24.3 Å². The normalized spacial score (nSPS) is 28.6. The van der Waals surface area contributed by atoms with Gasteiger partial charge in [-0.05, 0) is 42.9 Å². The lowest BCUT2D eigenvalue weighted by Crippen LogP contribution is -2.35. The minimum Gasteiger partial charge on any atom is -0.497 e. The minimum absolute atomic E-state index is 0.403. The third kappa shape index (κ3) is 2.25. The highest BCUT2D eigenvalue weighted by Gasteiger charge is 2.38. The highest BCUT2D eigenvalue weighted by Crippen LogP contribution is 2.38. The number of piperidine rings is 1. The second-order valence-electron chi connectivity index (χ2n) is 5.58. The van der Waals surface area contributed by atoms with E-state index in [0.29, 0.717) is 0 Å². The first-order chi connectivity index (χ1) is 8.76. The van der Waals surface area contributed by atoms with Gasteiger partial charge >= 0.3 is 0 Å². The van der Waals surface area contributed by atoms with Crippen LogP contribution in [0.4, 0.5) is 0 Å². The summed E-state index contributed by atoms with van der Waals surface area (Å²) in [5.74, 6) is 1.70. The summed E-state index contributed by atoms with van der Waals surface area (Å²) in [5, 5.41) is 10.3. The minimum atomic E-state index is -0.403. The van der Waals surface area contributed by atoms with E-state index in [2.05, 4.69) is 4.90 Å². The Balaban J connectivity index is 1.65. The maximum absolute atomic E-state index is 10.3. The van der Waals surface area contributed by atoms with Gasteiger partial charge in [-0.2, -0.15) is 0 Å². The molecule has 3 unspecified atom stereocenters. The number of rotatable bonds is 4. The molecule has 1 aliphatic carbocycles. The van der Waals surface area contributed by atoms with E-state index in [-0.39, 0.29) is 0 Å². The van der Waals surface area contributed by atoms with Crippen LogP contribution in [0, 0.1) is 5.92 Å². The molecule has 1 aromatic rings. The van der Waals surface area contributed by atoms with E-state index in [0.717, 1.165) is 29.8 Å². The quantitative estimate of drug-likeness (QED) is 0.885. The van der Waals surface area contributed by atoms with Crippen LogP contribution >= 0.6 is 0 Å². The Morgan fingerprint density at radius 1 is 1.44 bits per heavy atom. The van der Waals surface area contributed by atoms with Gasteiger partial charge in [0.25, 0.3) is 0 Å². The fourth-order valence-electron chi connectivity index (χ4n) is 3.43. The molecule has 0 aromatic heterocycles. The van der Waals surface area contributed by atoms with Crippen LogP contribution in [0.15, 0.2) is 24.3 Å². The summed E-state index contributed by atoms with van der Waals surface area (Å²) in [7, 11) is 1.66. The number of β-amino-alcohol motifs (C(OH)–C–C–N with tert-alkyl or cyclic N) is 1. The van der Waals surface area contributed by atoms with Crippen LogP contribution in [-0.2, 0) is 0 Å². The number of hydrogen-bond donors (Lipinski definition) is 1. The van der Waals surface area contributed by atoms with E-state index in [4.69, 9.17) is 4.74 Å². The lowest BCUT2D eigenvalue weighted by Gasteiger charge is -2.29. The smallest absolute Gasteiger partial charge is 0.119 e. The van der Waals surface area contributed by atoms with Crippen LogP contribution < -0.4 is 4.74 Å². The van der Waals surface area contributed by atoms with Gasteiger partial charge in [0.2, 0.25) is 0 Å². The van der Waals surface area contributed by atoms with Crippen molar-refractivity contribution in [2.45, 2.75) is 31.4 Å². The summed E-state index contributed by atoms with van der Waals surface area (Å²) >= 11 is 0. The van der Waals surface area contributed by atoms with Crippen LogP contribution in [0.1, 0.15) is 30.9 Å². The summed E-state index contributed by atoms with van der Waals surface area (Å²) in [5.41, 5.74) is 0.956. The standard InChI is InChI=1S/C15H21NO2/c1-18-14-4-2-3-12(8-14)15(17)10-16-9-11-5-6-13(16)7-11/h2-4,8,11,13,15,17H,5-7,9-10H2,1H3. The van der Waals surface area contributed by atoms with Crippen molar-refractivity contribution in [1.82, 2.24) is 4.90 Å². The Morgan fingerprint density at radius 3 is 3.00 bits per heavy atom. The number of likely N-dealkylation sites (tertiary alicyclic amines) is 1. The molecule has 98 valence electrons. The van der Waals surface area contributed by atoms with Crippen LogP contribution in [0.2, 0.25) is 0 Å². The molecule has 1 aliphatic heterocycles. The lowest BCUT2D eigenvalue weighted by atomic mass is 10.1. The Bertz CT molecular complexity index is 421. The third-order valence-corrected chi connectivity index (χ3v) is 4.41. The molecule has 1 aromatic carbocycles. The molecule has 3 heteroatoms. The molecule has 1 saturated heterocycles. The van der Waals surface area contributed by atoms with Gasteiger partial charge < -0.3 is 9.84 Å².